The van der Waals surface area contributed by atoms with Crippen molar-refractivity contribution in [2.75, 3.05) is 0 Å². The van der Waals surface area contributed by atoms with E-state index in [9.17, 15) is 5.11 Å². The van der Waals surface area contributed by atoms with Crippen molar-refractivity contribution in [2.45, 2.75) is 6.54 Å². The Bertz CT molecular complexity index is 474. The summed E-state index contributed by atoms with van der Waals surface area (Å²) in [6.07, 6.45) is 3.64. The number of benzene rings is 1. The van der Waals surface area contributed by atoms with E-state index in [1.165, 1.54) is 5.56 Å². The maximum atomic E-state index is 9.33. The summed E-state index contributed by atoms with van der Waals surface area (Å²) in [5.41, 5.74) is 1.19. The fourth-order valence-corrected chi connectivity index (χ4v) is 1.84. The van der Waals surface area contributed by atoms with Crippen LogP contribution in [-0.2, 0) is 6.54 Å². The zero-order valence-corrected chi connectivity index (χ0v) is 11.6. The highest BCUT2D eigenvalue weighted by Crippen LogP contribution is 2.15. The summed E-state index contributed by atoms with van der Waals surface area (Å²) >= 11 is 3.50. The Morgan fingerprint density at radius 3 is 2.56 bits per heavy atom. The van der Waals surface area contributed by atoms with Crippen LogP contribution in [0, 0.1) is 0 Å². The van der Waals surface area contributed by atoms with Gasteiger partial charge in [-0.2, -0.15) is 4.57 Å². The van der Waals surface area contributed by atoms with Gasteiger partial charge in [-0.3, -0.25) is 0 Å². The van der Waals surface area contributed by atoms with Gasteiger partial charge in [0.15, 0.2) is 18.5 Å². The molecule has 0 spiro atoms. The topological polar surface area (TPSA) is 24.1 Å². The number of pyridine rings is 1. The number of hydrogen-bond donors (Lipinski definition) is 1. The monoisotopic (exact) mass is 343 g/mol. The number of rotatable bonds is 2. The van der Waals surface area contributed by atoms with Crippen LogP contribution in [-0.4, -0.2) is 5.11 Å². The van der Waals surface area contributed by atoms with E-state index in [4.69, 9.17) is 0 Å². The Kier molecular flexibility index (Phi) is 4.96. The summed E-state index contributed by atoms with van der Waals surface area (Å²) in [6, 6.07) is 11.5. The van der Waals surface area contributed by atoms with E-state index >= 15 is 0 Å². The van der Waals surface area contributed by atoms with Crippen molar-refractivity contribution in [3.8, 4) is 5.75 Å². The van der Waals surface area contributed by atoms with Crippen LogP contribution in [0.3, 0.4) is 0 Å². The number of aromatic nitrogens is 1. The largest absolute Gasteiger partial charge is 1.00 e. The quantitative estimate of drug-likeness (QED) is 0.729. The van der Waals surface area contributed by atoms with Gasteiger partial charge >= 0.3 is 0 Å². The summed E-state index contributed by atoms with van der Waals surface area (Å²) in [5, 5.41) is 9.33. The summed E-state index contributed by atoms with van der Waals surface area (Å²) in [7, 11) is 0. The summed E-state index contributed by atoms with van der Waals surface area (Å²) < 4.78 is 3.02. The van der Waals surface area contributed by atoms with E-state index in [1.807, 2.05) is 35.0 Å². The maximum Gasteiger partial charge on any atom is 0.211 e. The van der Waals surface area contributed by atoms with E-state index in [-0.39, 0.29) is 22.7 Å². The van der Waals surface area contributed by atoms with Crippen LogP contribution in [0.2, 0.25) is 0 Å². The first-order valence-electron chi connectivity index (χ1n) is 4.67. The van der Waals surface area contributed by atoms with Crippen molar-refractivity contribution in [1.29, 1.82) is 0 Å². The SMILES string of the molecule is Oc1ccc[n+](Cc2ccccc2Br)c1.[Br-]. The van der Waals surface area contributed by atoms with Crippen LogP contribution in [0.4, 0.5) is 0 Å². The lowest BCUT2D eigenvalue weighted by atomic mass is 10.2. The minimum Gasteiger partial charge on any atom is -1.00 e. The minimum atomic E-state index is 0. The van der Waals surface area contributed by atoms with Gasteiger partial charge in [-0.05, 0) is 12.1 Å². The minimum absolute atomic E-state index is 0. The number of halogens is 2. The van der Waals surface area contributed by atoms with Crippen molar-refractivity contribution in [2.24, 2.45) is 0 Å². The molecule has 0 radical (unpaired) electrons. The standard InChI is InChI=1S/C12H10BrNO.BrH/c13-12-6-2-1-4-10(12)8-14-7-3-5-11(15)9-14;/h1-7,9H,8H2;1H. The molecule has 1 heterocycles. The molecule has 2 nitrogen and oxygen atoms in total. The summed E-state index contributed by atoms with van der Waals surface area (Å²) in [4.78, 5) is 0. The molecule has 2 rings (SSSR count). The van der Waals surface area contributed by atoms with Crippen LogP contribution in [0.1, 0.15) is 5.56 Å². The lowest BCUT2D eigenvalue weighted by Gasteiger charge is -2.00. The van der Waals surface area contributed by atoms with E-state index in [0.717, 1.165) is 11.0 Å². The van der Waals surface area contributed by atoms with Crippen molar-refractivity contribution in [1.82, 2.24) is 0 Å². The van der Waals surface area contributed by atoms with Gasteiger partial charge < -0.3 is 22.1 Å². The zero-order valence-electron chi connectivity index (χ0n) is 8.48. The van der Waals surface area contributed by atoms with Gasteiger partial charge in [0.25, 0.3) is 0 Å². The molecule has 4 heteroatoms. The van der Waals surface area contributed by atoms with Gasteiger partial charge in [0.2, 0.25) is 6.20 Å². The van der Waals surface area contributed by atoms with Crippen LogP contribution < -0.4 is 21.5 Å². The van der Waals surface area contributed by atoms with Crippen LogP contribution in [0.15, 0.2) is 53.3 Å². The Morgan fingerprint density at radius 1 is 1.12 bits per heavy atom. The third-order valence-corrected chi connectivity index (χ3v) is 2.93. The average molecular weight is 345 g/mol. The molecule has 0 bridgehead atoms. The molecule has 0 saturated heterocycles. The normalized spacial score (nSPS) is 9.56. The first-order chi connectivity index (χ1) is 7.25. The summed E-state index contributed by atoms with van der Waals surface area (Å²) in [5.74, 6) is 0.282. The molecule has 0 unspecified atom stereocenters. The molecule has 84 valence electrons. The van der Waals surface area contributed by atoms with E-state index in [1.54, 1.807) is 12.3 Å². The molecule has 2 aromatic rings. The molecule has 1 N–H and O–H groups in total. The van der Waals surface area contributed by atoms with Gasteiger partial charge in [-0.1, -0.05) is 34.1 Å². The van der Waals surface area contributed by atoms with Crippen molar-refractivity contribution >= 4 is 15.9 Å². The van der Waals surface area contributed by atoms with Gasteiger partial charge in [0, 0.05) is 16.1 Å². The first kappa shape index (κ1) is 13.2. The highest BCUT2D eigenvalue weighted by atomic mass is 79.9. The Labute approximate surface area is 113 Å². The fraction of sp³-hybridized carbons (Fsp3) is 0.0833. The number of nitrogens with zero attached hydrogens (tertiary/aromatic N) is 1. The first-order valence-corrected chi connectivity index (χ1v) is 5.46. The second-order valence-corrected chi connectivity index (χ2v) is 4.18. The van der Waals surface area contributed by atoms with Gasteiger partial charge in [-0.25, -0.2) is 0 Å². The predicted octanol–water partition coefficient (Wildman–Crippen LogP) is -0.506. The molecule has 0 atom stereocenters. The molecule has 0 aliphatic rings. The molecular weight excluding hydrogens is 334 g/mol. The predicted molar refractivity (Wildman–Crippen MR) is 61.5 cm³/mol. The fourth-order valence-electron chi connectivity index (χ4n) is 1.43. The highest BCUT2D eigenvalue weighted by Gasteiger charge is 2.05. The highest BCUT2D eigenvalue weighted by molar-refractivity contribution is 9.10. The lowest BCUT2D eigenvalue weighted by Crippen LogP contribution is -3.00. The summed E-state index contributed by atoms with van der Waals surface area (Å²) in [6.45, 7) is 0.746. The van der Waals surface area contributed by atoms with Gasteiger partial charge in [0.1, 0.15) is 0 Å². The van der Waals surface area contributed by atoms with E-state index in [2.05, 4.69) is 22.0 Å². The molecule has 16 heavy (non-hydrogen) atoms. The number of hydrogen-bond acceptors (Lipinski definition) is 1. The molecule has 0 aliphatic carbocycles. The molecule has 1 aromatic carbocycles. The Hall–Kier alpha value is -0.870. The van der Waals surface area contributed by atoms with Crippen molar-refractivity contribution in [3.05, 3.63) is 58.8 Å². The molecule has 1 aromatic heterocycles. The third kappa shape index (κ3) is 3.32. The van der Waals surface area contributed by atoms with Gasteiger partial charge in [-0.15, -0.1) is 0 Å². The van der Waals surface area contributed by atoms with Crippen LogP contribution >= 0.6 is 15.9 Å². The number of aromatic hydroxyl groups is 1. The lowest BCUT2D eigenvalue weighted by molar-refractivity contribution is -0.688. The Morgan fingerprint density at radius 2 is 1.88 bits per heavy atom. The Balaban J connectivity index is 0.00000128. The average Bonchev–Trinajstić information content (AvgIpc) is 2.22. The molecule has 0 fully saturated rings. The second kappa shape index (κ2) is 6.01. The van der Waals surface area contributed by atoms with E-state index < -0.39 is 0 Å². The smallest absolute Gasteiger partial charge is 0.211 e. The van der Waals surface area contributed by atoms with Crippen LogP contribution in [0.25, 0.3) is 0 Å². The van der Waals surface area contributed by atoms with Gasteiger partial charge in [0.05, 0.1) is 0 Å². The van der Waals surface area contributed by atoms with Crippen LogP contribution in [0.5, 0.6) is 5.75 Å². The third-order valence-electron chi connectivity index (χ3n) is 2.15. The van der Waals surface area contributed by atoms with Crippen molar-refractivity contribution in [3.63, 3.8) is 0 Å². The van der Waals surface area contributed by atoms with E-state index in [0.29, 0.717) is 0 Å². The zero-order chi connectivity index (χ0) is 10.7. The maximum absolute atomic E-state index is 9.33. The van der Waals surface area contributed by atoms with Crippen molar-refractivity contribution < 1.29 is 26.7 Å². The molecule has 0 saturated carbocycles. The molecule has 0 amide bonds. The molecule has 0 aliphatic heterocycles. The second-order valence-electron chi connectivity index (χ2n) is 3.33. The molecular formula is C12H11Br2NO.